The minimum Gasteiger partial charge on any atom is -0.305 e. The van der Waals surface area contributed by atoms with E-state index in [0.717, 1.165) is 17.0 Å². The van der Waals surface area contributed by atoms with Crippen LogP contribution in [0.5, 0.6) is 0 Å². The average Bonchev–Trinajstić information content (AvgIpc) is 3.18. The van der Waals surface area contributed by atoms with Crippen molar-refractivity contribution < 1.29 is 8.42 Å². The largest absolute Gasteiger partial charge is 0.305 e. The van der Waals surface area contributed by atoms with Crippen molar-refractivity contribution in [3.63, 3.8) is 0 Å². The van der Waals surface area contributed by atoms with E-state index in [1.165, 1.54) is 11.8 Å². The monoisotopic (exact) mass is 450 g/mol. The molecule has 0 aliphatic carbocycles. The summed E-state index contributed by atoms with van der Waals surface area (Å²) in [6, 6.07) is 28.0. The average molecular weight is 451 g/mol. The van der Waals surface area contributed by atoms with Crippen molar-refractivity contribution >= 4 is 21.8 Å². The van der Waals surface area contributed by atoms with Gasteiger partial charge in [-0.15, -0.1) is 10.2 Å². The molecule has 8 heteroatoms. The molecule has 1 N–H and O–H groups in total. The number of thioether (sulfide) groups is 1. The van der Waals surface area contributed by atoms with Crippen molar-refractivity contribution in [2.75, 3.05) is 6.54 Å². The lowest BCUT2D eigenvalue weighted by molar-refractivity contribution is 0.581. The molecule has 0 saturated heterocycles. The predicted octanol–water partition coefficient (Wildman–Crippen LogP) is 4.29. The zero-order valence-corrected chi connectivity index (χ0v) is 18.6. The normalized spacial score (nSPS) is 12.5. The number of rotatable bonds is 8. The molecule has 0 aliphatic heterocycles. The lowest BCUT2D eigenvalue weighted by Crippen LogP contribution is -2.27. The van der Waals surface area contributed by atoms with Crippen molar-refractivity contribution in [3.05, 3.63) is 96.6 Å². The second-order valence-corrected chi connectivity index (χ2v) is 9.85. The number of hydrogen-bond donors (Lipinski definition) is 1. The van der Waals surface area contributed by atoms with Gasteiger partial charge in [0.25, 0.3) is 0 Å². The standard InChI is InChI=1S/C23H22N4O2S2/c1-27-22(19-13-7-3-8-14-19)25-26-23(27)30-21(18-11-5-2-6-12-18)17-24-31(28,29)20-15-9-4-10-16-20/h2-16,21,24H,17H2,1H3/t21-/m0/s1. The zero-order valence-electron chi connectivity index (χ0n) is 16.9. The van der Waals surface area contributed by atoms with Gasteiger partial charge in [-0.2, -0.15) is 0 Å². The molecule has 4 rings (SSSR count). The molecule has 1 aromatic heterocycles. The Morgan fingerprint density at radius 1 is 0.871 bits per heavy atom. The van der Waals surface area contributed by atoms with Crippen LogP contribution in [-0.2, 0) is 17.1 Å². The summed E-state index contributed by atoms with van der Waals surface area (Å²) in [5.74, 6) is 0.764. The molecule has 0 spiro atoms. The smallest absolute Gasteiger partial charge is 0.240 e. The number of hydrogen-bond acceptors (Lipinski definition) is 5. The summed E-state index contributed by atoms with van der Waals surface area (Å²) in [4.78, 5) is 0.247. The number of aromatic nitrogens is 3. The molecule has 0 unspecified atom stereocenters. The number of sulfonamides is 1. The summed E-state index contributed by atoms with van der Waals surface area (Å²) in [6.45, 7) is 0.222. The van der Waals surface area contributed by atoms with Crippen molar-refractivity contribution in [3.8, 4) is 11.4 Å². The lowest BCUT2D eigenvalue weighted by Gasteiger charge is -2.17. The van der Waals surface area contributed by atoms with Crippen LogP contribution >= 0.6 is 11.8 Å². The van der Waals surface area contributed by atoms with Gasteiger partial charge >= 0.3 is 0 Å². The van der Waals surface area contributed by atoms with E-state index in [4.69, 9.17) is 0 Å². The number of nitrogens with zero attached hydrogens (tertiary/aromatic N) is 3. The van der Waals surface area contributed by atoms with E-state index >= 15 is 0 Å². The summed E-state index contributed by atoms with van der Waals surface area (Å²) in [7, 11) is -1.69. The van der Waals surface area contributed by atoms with Gasteiger partial charge in [0.1, 0.15) is 0 Å². The molecule has 4 aromatic rings. The Morgan fingerprint density at radius 2 is 1.45 bits per heavy atom. The topological polar surface area (TPSA) is 76.9 Å². The van der Waals surface area contributed by atoms with E-state index in [1.807, 2.05) is 72.3 Å². The molecule has 3 aromatic carbocycles. The molecule has 0 saturated carbocycles. The molecule has 0 aliphatic rings. The van der Waals surface area contributed by atoms with Gasteiger partial charge in [0, 0.05) is 19.2 Å². The molecule has 31 heavy (non-hydrogen) atoms. The van der Waals surface area contributed by atoms with Gasteiger partial charge in [0.05, 0.1) is 10.1 Å². The maximum absolute atomic E-state index is 12.7. The highest BCUT2D eigenvalue weighted by molar-refractivity contribution is 7.99. The fourth-order valence-corrected chi connectivity index (χ4v) is 5.37. The van der Waals surface area contributed by atoms with Crippen LogP contribution in [0.2, 0.25) is 0 Å². The quantitative estimate of drug-likeness (QED) is 0.405. The van der Waals surface area contributed by atoms with Gasteiger partial charge in [-0.05, 0) is 17.7 Å². The third-order valence-electron chi connectivity index (χ3n) is 4.80. The van der Waals surface area contributed by atoms with E-state index in [0.29, 0.717) is 5.16 Å². The summed E-state index contributed by atoms with van der Waals surface area (Å²) in [5.41, 5.74) is 1.98. The molecule has 0 amide bonds. The Hall–Kier alpha value is -2.94. The first-order valence-electron chi connectivity index (χ1n) is 9.76. The lowest BCUT2D eigenvalue weighted by atomic mass is 10.1. The van der Waals surface area contributed by atoms with Crippen LogP contribution in [0, 0.1) is 0 Å². The molecular formula is C23H22N4O2S2. The summed E-state index contributed by atoms with van der Waals surface area (Å²) >= 11 is 1.48. The Bertz CT molecular complexity index is 1230. The minimum absolute atomic E-state index is 0.175. The van der Waals surface area contributed by atoms with Gasteiger partial charge in [0.15, 0.2) is 11.0 Å². The molecule has 0 fully saturated rings. The van der Waals surface area contributed by atoms with Crippen LogP contribution in [0.3, 0.4) is 0 Å². The fourth-order valence-electron chi connectivity index (χ4n) is 3.15. The first-order chi connectivity index (χ1) is 15.0. The molecule has 6 nitrogen and oxygen atoms in total. The van der Waals surface area contributed by atoms with Crippen LogP contribution in [0.25, 0.3) is 11.4 Å². The first kappa shape index (κ1) is 21.3. The predicted molar refractivity (Wildman–Crippen MR) is 123 cm³/mol. The highest BCUT2D eigenvalue weighted by Crippen LogP contribution is 2.35. The molecule has 1 heterocycles. The minimum atomic E-state index is -3.61. The van der Waals surface area contributed by atoms with E-state index < -0.39 is 10.0 Å². The van der Waals surface area contributed by atoms with Crippen molar-refractivity contribution in [2.45, 2.75) is 15.3 Å². The van der Waals surface area contributed by atoms with Crippen molar-refractivity contribution in [1.82, 2.24) is 19.5 Å². The molecule has 158 valence electrons. The number of benzene rings is 3. The SMILES string of the molecule is Cn1c(S[C@@H](CNS(=O)(=O)c2ccccc2)c2ccccc2)nnc1-c1ccccc1. The first-order valence-corrected chi connectivity index (χ1v) is 12.1. The Labute approximate surface area is 186 Å². The fraction of sp³-hybridized carbons (Fsp3) is 0.130. The van der Waals surface area contributed by atoms with Gasteiger partial charge in [-0.1, -0.05) is 90.6 Å². The third kappa shape index (κ3) is 5.04. The van der Waals surface area contributed by atoms with Crippen LogP contribution < -0.4 is 4.72 Å². The summed E-state index contributed by atoms with van der Waals surface area (Å²) < 4.78 is 30.1. The van der Waals surface area contributed by atoms with Crippen molar-refractivity contribution in [1.29, 1.82) is 0 Å². The van der Waals surface area contributed by atoms with E-state index in [9.17, 15) is 8.42 Å². The van der Waals surface area contributed by atoms with E-state index in [2.05, 4.69) is 14.9 Å². The molecule has 0 bridgehead atoms. The van der Waals surface area contributed by atoms with E-state index in [1.54, 1.807) is 30.3 Å². The second kappa shape index (κ2) is 9.47. The summed E-state index contributed by atoms with van der Waals surface area (Å²) in [5, 5.41) is 9.24. The van der Waals surface area contributed by atoms with Crippen LogP contribution in [0.1, 0.15) is 10.8 Å². The number of nitrogens with one attached hydrogen (secondary N) is 1. The molecule has 1 atom stereocenters. The van der Waals surface area contributed by atoms with Gasteiger partial charge in [-0.3, -0.25) is 0 Å². The maximum Gasteiger partial charge on any atom is 0.240 e. The zero-order chi connectivity index (χ0) is 21.7. The molecule has 0 radical (unpaired) electrons. The van der Waals surface area contributed by atoms with Crippen LogP contribution in [-0.4, -0.2) is 29.7 Å². The van der Waals surface area contributed by atoms with Crippen molar-refractivity contribution in [2.24, 2.45) is 7.05 Å². The molecular weight excluding hydrogens is 428 g/mol. The second-order valence-electron chi connectivity index (χ2n) is 6.91. The van der Waals surface area contributed by atoms with Crippen LogP contribution in [0.4, 0.5) is 0 Å². The Balaban J connectivity index is 1.58. The van der Waals surface area contributed by atoms with Gasteiger partial charge in [-0.25, -0.2) is 13.1 Å². The highest BCUT2D eigenvalue weighted by Gasteiger charge is 2.22. The third-order valence-corrected chi connectivity index (χ3v) is 7.53. The maximum atomic E-state index is 12.7. The van der Waals surface area contributed by atoms with Crippen LogP contribution in [0.15, 0.2) is 101 Å². The Morgan fingerprint density at radius 3 is 2.10 bits per heavy atom. The Kier molecular flexibility index (Phi) is 6.50. The highest BCUT2D eigenvalue weighted by atomic mass is 32.2. The van der Waals surface area contributed by atoms with Gasteiger partial charge < -0.3 is 4.57 Å². The van der Waals surface area contributed by atoms with Gasteiger partial charge in [0.2, 0.25) is 10.0 Å². The summed E-state index contributed by atoms with van der Waals surface area (Å²) in [6.07, 6.45) is 0. The van der Waals surface area contributed by atoms with E-state index in [-0.39, 0.29) is 16.7 Å².